The van der Waals surface area contributed by atoms with Gasteiger partial charge in [0.15, 0.2) is 0 Å². The lowest BCUT2D eigenvalue weighted by atomic mass is 10.0. The molecule has 22 heavy (non-hydrogen) atoms. The predicted octanol–water partition coefficient (Wildman–Crippen LogP) is 0.693. The quantitative estimate of drug-likeness (QED) is 0.648. The number of carbonyl (C=O) groups is 3. The number of carbonyl (C=O) groups excluding carboxylic acids is 3. The summed E-state index contributed by atoms with van der Waals surface area (Å²) in [4.78, 5) is 34.9. The van der Waals surface area contributed by atoms with Gasteiger partial charge in [0.25, 0.3) is 5.91 Å². The molecule has 0 bridgehead atoms. The minimum absolute atomic E-state index is 0.0113. The van der Waals surface area contributed by atoms with Gasteiger partial charge in [-0.05, 0) is 18.1 Å². The van der Waals surface area contributed by atoms with Crippen LogP contribution in [-0.2, 0) is 9.59 Å². The summed E-state index contributed by atoms with van der Waals surface area (Å²) in [6.07, 6.45) is 0. The van der Waals surface area contributed by atoms with Crippen molar-refractivity contribution in [1.82, 2.24) is 16.0 Å². The summed E-state index contributed by atoms with van der Waals surface area (Å²) in [7, 11) is 0. The number of benzene rings is 1. The normalized spacial score (nSPS) is 11.6. The molecular weight excluding hydrogens is 282 g/mol. The van der Waals surface area contributed by atoms with Crippen LogP contribution in [0.3, 0.4) is 0 Å². The number of amides is 3. The van der Waals surface area contributed by atoms with Crippen LogP contribution in [0, 0.1) is 5.92 Å². The lowest BCUT2D eigenvalue weighted by molar-refractivity contribution is -0.129. The number of rotatable bonds is 7. The fraction of sp³-hybridized carbons (Fsp3) is 0.438. The first-order valence-electron chi connectivity index (χ1n) is 7.30. The molecule has 0 aliphatic rings. The third-order valence-electron chi connectivity index (χ3n) is 3.05. The van der Waals surface area contributed by atoms with E-state index in [0.717, 1.165) is 0 Å². The molecule has 6 nitrogen and oxygen atoms in total. The molecule has 0 heterocycles. The molecule has 1 aromatic rings. The largest absolute Gasteiger partial charge is 0.353 e. The lowest BCUT2D eigenvalue weighted by Gasteiger charge is -2.20. The van der Waals surface area contributed by atoms with Crippen LogP contribution in [0.15, 0.2) is 30.3 Å². The SMILES string of the molecule is CC(=O)NC(C(=O)NCCNC(=O)c1ccccc1)C(C)C. The van der Waals surface area contributed by atoms with E-state index in [0.29, 0.717) is 18.7 Å². The minimum Gasteiger partial charge on any atom is -0.353 e. The predicted molar refractivity (Wildman–Crippen MR) is 84.2 cm³/mol. The molecule has 0 saturated carbocycles. The summed E-state index contributed by atoms with van der Waals surface area (Å²) in [6, 6.07) is 8.29. The standard InChI is InChI=1S/C16H23N3O3/c1-11(2)14(19-12(3)20)16(22)18-10-9-17-15(21)13-7-5-4-6-8-13/h4-8,11,14H,9-10H2,1-3H3,(H,17,21)(H,18,22)(H,19,20). The van der Waals surface area contributed by atoms with Crippen LogP contribution in [-0.4, -0.2) is 36.9 Å². The van der Waals surface area contributed by atoms with E-state index in [1.165, 1.54) is 6.92 Å². The van der Waals surface area contributed by atoms with E-state index in [9.17, 15) is 14.4 Å². The van der Waals surface area contributed by atoms with Crippen LogP contribution in [0.2, 0.25) is 0 Å². The van der Waals surface area contributed by atoms with Gasteiger partial charge in [0.05, 0.1) is 0 Å². The molecule has 3 N–H and O–H groups in total. The summed E-state index contributed by atoms with van der Waals surface area (Å²) in [6.45, 7) is 5.72. The van der Waals surface area contributed by atoms with Crippen molar-refractivity contribution in [2.45, 2.75) is 26.8 Å². The van der Waals surface area contributed by atoms with Gasteiger partial charge in [-0.25, -0.2) is 0 Å². The second-order valence-electron chi connectivity index (χ2n) is 5.34. The van der Waals surface area contributed by atoms with Crippen LogP contribution in [0.5, 0.6) is 0 Å². The molecule has 6 heteroatoms. The van der Waals surface area contributed by atoms with Gasteiger partial charge >= 0.3 is 0 Å². The maximum atomic E-state index is 12.0. The van der Waals surface area contributed by atoms with E-state index in [-0.39, 0.29) is 23.6 Å². The second kappa shape index (κ2) is 8.81. The Morgan fingerprint density at radius 3 is 2.14 bits per heavy atom. The Labute approximate surface area is 130 Å². The fourth-order valence-electron chi connectivity index (χ4n) is 1.92. The van der Waals surface area contributed by atoms with Crippen molar-refractivity contribution in [1.29, 1.82) is 0 Å². The molecule has 0 saturated heterocycles. The average molecular weight is 305 g/mol. The average Bonchev–Trinajstić information content (AvgIpc) is 2.49. The summed E-state index contributed by atoms with van der Waals surface area (Å²) in [5.41, 5.74) is 0.576. The molecule has 3 amide bonds. The highest BCUT2D eigenvalue weighted by atomic mass is 16.2. The van der Waals surface area contributed by atoms with Crippen LogP contribution >= 0.6 is 0 Å². The molecule has 0 radical (unpaired) electrons. The lowest BCUT2D eigenvalue weighted by Crippen LogP contribution is -2.50. The first-order chi connectivity index (χ1) is 10.4. The zero-order chi connectivity index (χ0) is 16.5. The first kappa shape index (κ1) is 17.7. The molecule has 0 aliphatic carbocycles. The third-order valence-corrected chi connectivity index (χ3v) is 3.05. The minimum atomic E-state index is -0.567. The number of hydrogen-bond donors (Lipinski definition) is 3. The Hall–Kier alpha value is -2.37. The van der Waals surface area contributed by atoms with Crippen molar-refractivity contribution >= 4 is 17.7 Å². The highest BCUT2D eigenvalue weighted by molar-refractivity contribution is 5.94. The summed E-state index contributed by atoms with van der Waals surface area (Å²) in [5.74, 6) is -0.690. The number of hydrogen-bond acceptors (Lipinski definition) is 3. The third kappa shape index (κ3) is 5.95. The van der Waals surface area contributed by atoms with Crippen LogP contribution in [0.25, 0.3) is 0 Å². The van der Waals surface area contributed by atoms with Gasteiger partial charge < -0.3 is 16.0 Å². The first-order valence-corrected chi connectivity index (χ1v) is 7.30. The molecule has 120 valence electrons. The monoisotopic (exact) mass is 305 g/mol. The Morgan fingerprint density at radius 1 is 1.00 bits per heavy atom. The highest BCUT2D eigenvalue weighted by Crippen LogP contribution is 2.01. The van der Waals surface area contributed by atoms with Gasteiger partial charge in [0.2, 0.25) is 11.8 Å². The smallest absolute Gasteiger partial charge is 0.251 e. The van der Waals surface area contributed by atoms with Crippen molar-refractivity contribution in [2.75, 3.05) is 13.1 Å². The van der Waals surface area contributed by atoms with E-state index < -0.39 is 6.04 Å². The zero-order valence-corrected chi connectivity index (χ0v) is 13.2. The van der Waals surface area contributed by atoms with Gasteiger partial charge in [-0.2, -0.15) is 0 Å². The second-order valence-corrected chi connectivity index (χ2v) is 5.34. The van der Waals surface area contributed by atoms with Crippen molar-refractivity contribution in [3.8, 4) is 0 Å². The van der Waals surface area contributed by atoms with Gasteiger partial charge in [-0.15, -0.1) is 0 Å². The van der Waals surface area contributed by atoms with Gasteiger partial charge in [-0.1, -0.05) is 32.0 Å². The van der Waals surface area contributed by atoms with Gasteiger partial charge in [-0.3, -0.25) is 14.4 Å². The van der Waals surface area contributed by atoms with Crippen molar-refractivity contribution < 1.29 is 14.4 Å². The fourth-order valence-corrected chi connectivity index (χ4v) is 1.92. The van der Waals surface area contributed by atoms with Crippen LogP contribution < -0.4 is 16.0 Å². The maximum Gasteiger partial charge on any atom is 0.251 e. The highest BCUT2D eigenvalue weighted by Gasteiger charge is 2.22. The topological polar surface area (TPSA) is 87.3 Å². The van der Waals surface area contributed by atoms with Crippen LogP contribution in [0.1, 0.15) is 31.1 Å². The molecule has 0 aliphatic heterocycles. The summed E-state index contributed by atoms with van der Waals surface area (Å²) < 4.78 is 0. The molecule has 0 fully saturated rings. The zero-order valence-electron chi connectivity index (χ0n) is 13.2. The van der Waals surface area contributed by atoms with Crippen molar-refractivity contribution in [2.24, 2.45) is 5.92 Å². The summed E-state index contributed by atoms with van der Waals surface area (Å²) >= 11 is 0. The van der Waals surface area contributed by atoms with Crippen molar-refractivity contribution in [3.05, 3.63) is 35.9 Å². The van der Waals surface area contributed by atoms with Gasteiger partial charge in [0, 0.05) is 25.6 Å². The Morgan fingerprint density at radius 2 is 1.59 bits per heavy atom. The molecular formula is C16H23N3O3. The Kier molecular flexibility index (Phi) is 7.08. The molecule has 1 rings (SSSR count). The van der Waals surface area contributed by atoms with Gasteiger partial charge in [0.1, 0.15) is 6.04 Å². The Bertz CT molecular complexity index is 515. The molecule has 1 unspecified atom stereocenters. The molecule has 1 aromatic carbocycles. The van der Waals surface area contributed by atoms with Crippen molar-refractivity contribution in [3.63, 3.8) is 0 Å². The molecule has 0 spiro atoms. The van der Waals surface area contributed by atoms with E-state index >= 15 is 0 Å². The van der Waals surface area contributed by atoms with E-state index in [1.807, 2.05) is 19.9 Å². The molecule has 1 atom stereocenters. The summed E-state index contributed by atoms with van der Waals surface area (Å²) in [5, 5.41) is 8.05. The molecule has 0 aromatic heterocycles. The number of nitrogens with one attached hydrogen (secondary N) is 3. The van der Waals surface area contributed by atoms with E-state index in [1.54, 1.807) is 24.3 Å². The van der Waals surface area contributed by atoms with Crippen LogP contribution in [0.4, 0.5) is 0 Å². The maximum absolute atomic E-state index is 12.0. The Balaban J connectivity index is 2.35. The van der Waals surface area contributed by atoms with E-state index in [2.05, 4.69) is 16.0 Å². The van der Waals surface area contributed by atoms with E-state index in [4.69, 9.17) is 0 Å².